The zero-order chi connectivity index (χ0) is 14.4. The molecule has 0 spiro atoms. The van der Waals surface area contributed by atoms with Crippen molar-refractivity contribution in [2.75, 3.05) is 19.5 Å². The first-order chi connectivity index (χ1) is 9.03. The third-order valence-corrected chi connectivity index (χ3v) is 2.96. The van der Waals surface area contributed by atoms with E-state index in [2.05, 4.69) is 10.4 Å². The fourth-order valence-corrected chi connectivity index (χ4v) is 2.08. The van der Waals surface area contributed by atoms with Crippen LogP contribution in [0.2, 0.25) is 0 Å². The zero-order valence-electron chi connectivity index (χ0n) is 12.2. The highest BCUT2D eigenvalue weighted by Crippen LogP contribution is 2.18. The molecule has 0 aromatic carbocycles. The van der Waals surface area contributed by atoms with Crippen LogP contribution < -0.4 is 11.1 Å². The van der Waals surface area contributed by atoms with Crippen LogP contribution in [-0.2, 0) is 28.9 Å². The molecule has 0 fully saturated rings. The first-order valence-corrected chi connectivity index (χ1v) is 6.65. The number of rotatable bonds is 7. The summed E-state index contributed by atoms with van der Waals surface area (Å²) in [5.74, 6) is -0.0793. The van der Waals surface area contributed by atoms with Crippen molar-refractivity contribution in [2.24, 2.45) is 0 Å². The summed E-state index contributed by atoms with van der Waals surface area (Å²) in [6.07, 6.45) is 1.53. The van der Waals surface area contributed by atoms with E-state index in [0.29, 0.717) is 12.3 Å². The lowest BCUT2D eigenvalue weighted by Gasteiger charge is -2.13. The highest BCUT2D eigenvalue weighted by atomic mass is 16.5. The van der Waals surface area contributed by atoms with E-state index in [9.17, 15) is 4.79 Å². The predicted molar refractivity (Wildman–Crippen MR) is 74.9 cm³/mol. The highest BCUT2D eigenvalue weighted by molar-refractivity contribution is 5.76. The number of aryl methyl sites for hydroxylation is 1. The number of carbonyl (C=O) groups is 1. The Kier molecular flexibility index (Phi) is 5.82. The monoisotopic (exact) mass is 268 g/mol. The van der Waals surface area contributed by atoms with E-state index in [-0.39, 0.29) is 18.5 Å². The molecule has 19 heavy (non-hydrogen) atoms. The van der Waals surface area contributed by atoms with E-state index >= 15 is 0 Å². The SMILES string of the molecule is CCc1nn(CC(=O)NC(C)COC)c(CC)c1N. The molecule has 0 radical (unpaired) electrons. The van der Waals surface area contributed by atoms with Gasteiger partial charge in [-0.25, -0.2) is 0 Å². The molecule has 6 heteroatoms. The lowest BCUT2D eigenvalue weighted by molar-refractivity contribution is -0.122. The van der Waals surface area contributed by atoms with Crippen LogP contribution in [0.25, 0.3) is 0 Å². The molecule has 0 aliphatic carbocycles. The smallest absolute Gasteiger partial charge is 0.242 e. The number of nitrogen functional groups attached to an aromatic ring is 1. The van der Waals surface area contributed by atoms with Gasteiger partial charge in [0.15, 0.2) is 0 Å². The Morgan fingerprint density at radius 1 is 1.47 bits per heavy atom. The number of nitrogens with zero attached hydrogens (tertiary/aromatic N) is 2. The molecule has 0 aliphatic rings. The first kappa shape index (κ1) is 15.5. The Bertz CT molecular complexity index is 429. The molecule has 0 saturated heterocycles. The molecule has 6 nitrogen and oxygen atoms in total. The molecule has 1 rings (SSSR count). The number of carbonyl (C=O) groups excluding carboxylic acids is 1. The topological polar surface area (TPSA) is 82.2 Å². The average Bonchev–Trinajstić information content (AvgIpc) is 2.64. The number of hydrogen-bond donors (Lipinski definition) is 2. The fourth-order valence-electron chi connectivity index (χ4n) is 2.08. The number of nitrogens with one attached hydrogen (secondary N) is 1. The molecule has 0 saturated carbocycles. The standard InChI is InChI=1S/C13H24N4O2/c1-5-10-13(14)11(6-2)17(16-10)7-12(18)15-9(3)8-19-4/h9H,5-8,14H2,1-4H3,(H,15,18). The van der Waals surface area contributed by atoms with Crippen LogP contribution in [0.15, 0.2) is 0 Å². The number of methoxy groups -OCH3 is 1. The molecule has 0 aliphatic heterocycles. The van der Waals surface area contributed by atoms with Crippen molar-refractivity contribution < 1.29 is 9.53 Å². The lowest BCUT2D eigenvalue weighted by atomic mass is 10.2. The number of ether oxygens (including phenoxy) is 1. The zero-order valence-corrected chi connectivity index (χ0v) is 12.2. The summed E-state index contributed by atoms with van der Waals surface area (Å²) in [4.78, 5) is 11.9. The third kappa shape index (κ3) is 3.96. The van der Waals surface area contributed by atoms with Crippen molar-refractivity contribution >= 4 is 11.6 Å². The van der Waals surface area contributed by atoms with Crippen LogP contribution in [-0.4, -0.2) is 35.4 Å². The number of hydrogen-bond acceptors (Lipinski definition) is 4. The second-order valence-corrected chi connectivity index (χ2v) is 4.60. The van der Waals surface area contributed by atoms with Gasteiger partial charge in [0.2, 0.25) is 5.91 Å². The van der Waals surface area contributed by atoms with Gasteiger partial charge in [-0.05, 0) is 19.8 Å². The fraction of sp³-hybridized carbons (Fsp3) is 0.692. The maximum atomic E-state index is 11.9. The molecular weight excluding hydrogens is 244 g/mol. The van der Waals surface area contributed by atoms with Gasteiger partial charge < -0.3 is 15.8 Å². The maximum absolute atomic E-state index is 11.9. The summed E-state index contributed by atoms with van der Waals surface area (Å²) >= 11 is 0. The minimum Gasteiger partial charge on any atom is -0.396 e. The number of amides is 1. The molecule has 0 bridgehead atoms. The van der Waals surface area contributed by atoms with Crippen molar-refractivity contribution in [3.05, 3.63) is 11.4 Å². The second-order valence-electron chi connectivity index (χ2n) is 4.60. The molecule has 3 N–H and O–H groups in total. The Hall–Kier alpha value is -1.56. The van der Waals surface area contributed by atoms with Gasteiger partial charge in [0.25, 0.3) is 0 Å². The van der Waals surface area contributed by atoms with Crippen molar-refractivity contribution in [2.45, 2.75) is 46.2 Å². The Labute approximate surface area is 114 Å². The van der Waals surface area contributed by atoms with E-state index in [4.69, 9.17) is 10.5 Å². The molecule has 1 aromatic rings. The molecule has 108 valence electrons. The van der Waals surface area contributed by atoms with E-state index in [0.717, 1.165) is 24.2 Å². The van der Waals surface area contributed by atoms with E-state index in [1.165, 1.54) is 0 Å². The molecule has 1 amide bonds. The summed E-state index contributed by atoms with van der Waals surface area (Å²) < 4.78 is 6.68. The summed E-state index contributed by atoms with van der Waals surface area (Å²) in [6.45, 7) is 6.60. The van der Waals surface area contributed by atoms with Crippen LogP contribution in [0.1, 0.15) is 32.2 Å². The summed E-state index contributed by atoms with van der Waals surface area (Å²) in [5.41, 5.74) is 8.50. The molecule has 1 unspecified atom stereocenters. The van der Waals surface area contributed by atoms with Crippen molar-refractivity contribution in [3.63, 3.8) is 0 Å². The van der Waals surface area contributed by atoms with Gasteiger partial charge >= 0.3 is 0 Å². The van der Waals surface area contributed by atoms with Crippen LogP contribution >= 0.6 is 0 Å². The molecule has 1 atom stereocenters. The lowest BCUT2D eigenvalue weighted by Crippen LogP contribution is -2.38. The quantitative estimate of drug-likeness (QED) is 0.764. The van der Waals surface area contributed by atoms with Gasteiger partial charge in [-0.3, -0.25) is 9.48 Å². The summed E-state index contributed by atoms with van der Waals surface area (Å²) in [7, 11) is 1.61. The summed E-state index contributed by atoms with van der Waals surface area (Å²) in [5, 5.41) is 7.25. The number of nitrogens with two attached hydrogens (primary N) is 1. The molecule has 1 aromatic heterocycles. The number of aromatic nitrogens is 2. The minimum absolute atomic E-state index is 0.0128. The van der Waals surface area contributed by atoms with Gasteiger partial charge in [0, 0.05) is 13.2 Å². The van der Waals surface area contributed by atoms with Gasteiger partial charge in [-0.15, -0.1) is 0 Å². The van der Waals surface area contributed by atoms with Crippen molar-refractivity contribution in [1.82, 2.24) is 15.1 Å². The van der Waals surface area contributed by atoms with Gasteiger partial charge in [0.05, 0.1) is 23.7 Å². The first-order valence-electron chi connectivity index (χ1n) is 6.65. The van der Waals surface area contributed by atoms with E-state index in [1.54, 1.807) is 11.8 Å². The van der Waals surface area contributed by atoms with Gasteiger partial charge in [0.1, 0.15) is 6.54 Å². The normalized spacial score (nSPS) is 12.4. The van der Waals surface area contributed by atoms with Crippen LogP contribution in [0.3, 0.4) is 0 Å². The van der Waals surface area contributed by atoms with Crippen molar-refractivity contribution in [3.8, 4) is 0 Å². The minimum atomic E-state index is -0.0793. The Morgan fingerprint density at radius 3 is 2.68 bits per heavy atom. The molecule has 1 heterocycles. The molecular formula is C13H24N4O2. The van der Waals surface area contributed by atoms with Crippen LogP contribution in [0, 0.1) is 0 Å². The average molecular weight is 268 g/mol. The Morgan fingerprint density at radius 2 is 2.16 bits per heavy atom. The maximum Gasteiger partial charge on any atom is 0.242 e. The highest BCUT2D eigenvalue weighted by Gasteiger charge is 2.15. The number of anilines is 1. The third-order valence-electron chi connectivity index (χ3n) is 2.96. The van der Waals surface area contributed by atoms with Gasteiger partial charge in [-0.1, -0.05) is 13.8 Å². The van der Waals surface area contributed by atoms with Crippen LogP contribution in [0.4, 0.5) is 5.69 Å². The van der Waals surface area contributed by atoms with Gasteiger partial charge in [-0.2, -0.15) is 5.10 Å². The largest absolute Gasteiger partial charge is 0.396 e. The Balaban J connectivity index is 2.73. The second kappa shape index (κ2) is 7.13. The van der Waals surface area contributed by atoms with E-state index in [1.807, 2.05) is 20.8 Å². The van der Waals surface area contributed by atoms with Crippen molar-refractivity contribution in [1.29, 1.82) is 0 Å². The van der Waals surface area contributed by atoms with Crippen LogP contribution in [0.5, 0.6) is 0 Å². The predicted octanol–water partition coefficient (Wildman–Crippen LogP) is 0.741. The summed E-state index contributed by atoms with van der Waals surface area (Å²) in [6, 6.07) is -0.0128. The van der Waals surface area contributed by atoms with E-state index < -0.39 is 0 Å².